The monoisotopic (exact) mass is 364 g/mol. The summed E-state index contributed by atoms with van der Waals surface area (Å²) in [5, 5.41) is 8.69. The number of nitrogens with zero attached hydrogens (tertiary/aromatic N) is 3. The third-order valence-corrected chi connectivity index (χ3v) is 3.47. The van der Waals surface area contributed by atoms with E-state index in [0.717, 1.165) is 32.4 Å². The Bertz CT molecular complexity index is 720. The fraction of sp³-hybridized carbons (Fsp3) is 0.143. The number of benzene rings is 1. The molecule has 0 unspecified atom stereocenters. The Morgan fingerprint density at radius 1 is 1.32 bits per heavy atom. The Kier molecular flexibility index (Phi) is 3.48. The van der Waals surface area contributed by atoms with Gasteiger partial charge in [-0.3, -0.25) is 0 Å². The van der Waals surface area contributed by atoms with Crippen molar-refractivity contribution in [3.63, 3.8) is 0 Å². The maximum Gasteiger partial charge on any atom is 0.158 e. The maximum absolute atomic E-state index is 4.73. The van der Waals surface area contributed by atoms with Crippen LogP contribution in [0.4, 0.5) is 0 Å². The van der Waals surface area contributed by atoms with E-state index in [1.165, 1.54) is 0 Å². The van der Waals surface area contributed by atoms with E-state index in [9.17, 15) is 0 Å². The molecule has 0 radical (unpaired) electrons. The summed E-state index contributed by atoms with van der Waals surface area (Å²) >= 11 is 2.25. The molecule has 2 aromatic heterocycles. The van der Waals surface area contributed by atoms with Crippen molar-refractivity contribution in [3.8, 4) is 5.82 Å². The molecule has 0 amide bonds. The maximum atomic E-state index is 4.73. The molecule has 1 N–H and O–H groups in total. The molecule has 19 heavy (non-hydrogen) atoms. The molecule has 0 spiro atoms. The number of nitrogens with one attached hydrogen (secondary N) is 1. The zero-order chi connectivity index (χ0) is 13.2. The van der Waals surface area contributed by atoms with Crippen molar-refractivity contribution in [1.82, 2.24) is 20.1 Å². The van der Waals surface area contributed by atoms with Crippen molar-refractivity contribution in [1.29, 1.82) is 0 Å². The van der Waals surface area contributed by atoms with Crippen LogP contribution in [0.15, 0.2) is 42.7 Å². The Morgan fingerprint density at radius 3 is 2.89 bits per heavy atom. The minimum Gasteiger partial charge on any atom is -0.316 e. The summed E-state index contributed by atoms with van der Waals surface area (Å²) < 4.78 is 2.93. The second-order valence-corrected chi connectivity index (χ2v) is 5.54. The van der Waals surface area contributed by atoms with Gasteiger partial charge in [-0.15, -0.1) is 0 Å². The van der Waals surface area contributed by atoms with Gasteiger partial charge < -0.3 is 5.32 Å². The summed E-state index contributed by atoms with van der Waals surface area (Å²) in [6.07, 6.45) is 3.82. The van der Waals surface area contributed by atoms with Crippen molar-refractivity contribution in [2.24, 2.45) is 0 Å². The number of para-hydroxylation sites is 1. The molecule has 0 atom stereocenters. The third-order valence-electron chi connectivity index (χ3n) is 2.92. The summed E-state index contributed by atoms with van der Waals surface area (Å²) in [6.45, 7) is 0.767. The van der Waals surface area contributed by atoms with Crippen LogP contribution in [0, 0.1) is 3.57 Å². The van der Waals surface area contributed by atoms with E-state index in [0.29, 0.717) is 0 Å². The van der Waals surface area contributed by atoms with Crippen LogP contribution in [0.5, 0.6) is 0 Å². The lowest BCUT2D eigenvalue weighted by molar-refractivity contribution is 0.775. The van der Waals surface area contributed by atoms with Gasteiger partial charge in [0.2, 0.25) is 0 Å². The third kappa shape index (κ3) is 2.48. The molecule has 3 aromatic rings. The summed E-state index contributed by atoms with van der Waals surface area (Å²) in [4.78, 5) is 4.73. The Labute approximate surface area is 125 Å². The van der Waals surface area contributed by atoms with Crippen molar-refractivity contribution in [2.75, 3.05) is 7.05 Å². The number of fused-ring (bicyclic) bond motifs is 1. The fourth-order valence-corrected chi connectivity index (χ4v) is 2.47. The summed E-state index contributed by atoms with van der Waals surface area (Å²) in [5.41, 5.74) is 2.13. The van der Waals surface area contributed by atoms with E-state index in [4.69, 9.17) is 4.98 Å². The molecule has 3 rings (SSSR count). The topological polar surface area (TPSA) is 42.7 Å². The quantitative estimate of drug-likeness (QED) is 0.727. The van der Waals surface area contributed by atoms with Crippen LogP contribution < -0.4 is 5.32 Å². The molecule has 0 saturated carbocycles. The van der Waals surface area contributed by atoms with Crippen LogP contribution in [0.3, 0.4) is 0 Å². The Morgan fingerprint density at radius 2 is 2.16 bits per heavy atom. The van der Waals surface area contributed by atoms with Crippen molar-refractivity contribution >= 4 is 33.5 Å². The number of aromatic nitrogens is 3. The van der Waals surface area contributed by atoms with Gasteiger partial charge in [0.25, 0.3) is 0 Å². The first-order chi connectivity index (χ1) is 9.28. The van der Waals surface area contributed by atoms with Crippen molar-refractivity contribution in [2.45, 2.75) is 6.54 Å². The zero-order valence-electron chi connectivity index (χ0n) is 10.5. The normalized spacial score (nSPS) is 11.1. The van der Waals surface area contributed by atoms with Crippen molar-refractivity contribution in [3.05, 3.63) is 51.9 Å². The second-order valence-electron chi connectivity index (χ2n) is 4.30. The molecule has 0 aliphatic heterocycles. The highest BCUT2D eigenvalue weighted by atomic mass is 127. The molecule has 1 aromatic carbocycles. The van der Waals surface area contributed by atoms with Crippen LogP contribution in [0.1, 0.15) is 5.56 Å². The first kappa shape index (κ1) is 12.6. The molecule has 0 aliphatic rings. The average molecular weight is 364 g/mol. The highest BCUT2D eigenvalue weighted by Crippen LogP contribution is 2.20. The van der Waals surface area contributed by atoms with Crippen LogP contribution in [0.2, 0.25) is 0 Å². The van der Waals surface area contributed by atoms with Gasteiger partial charge >= 0.3 is 0 Å². The van der Waals surface area contributed by atoms with Gasteiger partial charge in [0.15, 0.2) is 5.82 Å². The molecule has 4 nitrogen and oxygen atoms in total. The first-order valence-corrected chi connectivity index (χ1v) is 7.09. The van der Waals surface area contributed by atoms with E-state index < -0.39 is 0 Å². The van der Waals surface area contributed by atoms with Crippen LogP contribution >= 0.6 is 22.6 Å². The predicted molar refractivity (Wildman–Crippen MR) is 84.3 cm³/mol. The SMILES string of the molecule is CNCc1cc2ccccc2nc1-n1cc(I)cn1. The van der Waals surface area contributed by atoms with E-state index in [2.05, 4.69) is 45.1 Å². The number of rotatable bonds is 3. The fourth-order valence-electron chi connectivity index (χ4n) is 2.09. The minimum absolute atomic E-state index is 0.767. The summed E-state index contributed by atoms with van der Waals surface area (Å²) in [7, 11) is 1.94. The molecule has 96 valence electrons. The Balaban J connectivity index is 2.22. The van der Waals surface area contributed by atoms with E-state index >= 15 is 0 Å². The summed E-state index contributed by atoms with van der Waals surface area (Å²) in [5.74, 6) is 0.885. The minimum atomic E-state index is 0.767. The molecule has 0 saturated heterocycles. The van der Waals surface area contributed by atoms with Gasteiger partial charge in [0.05, 0.1) is 15.3 Å². The second kappa shape index (κ2) is 5.26. The number of hydrogen-bond acceptors (Lipinski definition) is 3. The molecule has 0 fully saturated rings. The smallest absolute Gasteiger partial charge is 0.158 e. The lowest BCUT2D eigenvalue weighted by Gasteiger charge is -2.10. The van der Waals surface area contributed by atoms with E-state index in [1.54, 1.807) is 0 Å². The van der Waals surface area contributed by atoms with Gasteiger partial charge in [-0.25, -0.2) is 9.67 Å². The molecule has 0 bridgehead atoms. The van der Waals surface area contributed by atoms with Crippen LogP contribution in [0.25, 0.3) is 16.7 Å². The van der Waals surface area contributed by atoms with Crippen molar-refractivity contribution < 1.29 is 0 Å². The van der Waals surface area contributed by atoms with Crippen LogP contribution in [-0.2, 0) is 6.54 Å². The number of halogens is 1. The van der Waals surface area contributed by atoms with Gasteiger partial charge in [0, 0.05) is 23.7 Å². The highest BCUT2D eigenvalue weighted by Gasteiger charge is 2.09. The molecular weight excluding hydrogens is 351 g/mol. The predicted octanol–water partition coefficient (Wildman–Crippen LogP) is 2.74. The molecule has 5 heteroatoms. The average Bonchev–Trinajstić information content (AvgIpc) is 2.85. The largest absolute Gasteiger partial charge is 0.316 e. The highest BCUT2D eigenvalue weighted by molar-refractivity contribution is 14.1. The van der Waals surface area contributed by atoms with Gasteiger partial charge in [0.1, 0.15) is 0 Å². The zero-order valence-corrected chi connectivity index (χ0v) is 12.6. The standard InChI is InChI=1S/C14H13IN4/c1-16-7-11-6-10-4-2-3-5-13(10)18-14(11)19-9-12(15)8-17-19/h2-6,8-9,16H,7H2,1H3. The molecule has 0 aliphatic carbocycles. The van der Waals surface area contributed by atoms with E-state index in [1.807, 2.05) is 42.3 Å². The Hall–Kier alpha value is -1.47. The lowest BCUT2D eigenvalue weighted by Crippen LogP contribution is -2.11. The molecule has 2 heterocycles. The van der Waals surface area contributed by atoms with E-state index in [-0.39, 0.29) is 0 Å². The van der Waals surface area contributed by atoms with Gasteiger partial charge in [-0.1, -0.05) is 18.2 Å². The van der Waals surface area contributed by atoms with Crippen LogP contribution in [-0.4, -0.2) is 21.8 Å². The molecular formula is C14H13IN4. The lowest BCUT2D eigenvalue weighted by atomic mass is 10.1. The first-order valence-electron chi connectivity index (χ1n) is 6.02. The number of hydrogen-bond donors (Lipinski definition) is 1. The number of pyridine rings is 1. The summed E-state index contributed by atoms with van der Waals surface area (Å²) in [6, 6.07) is 10.3. The van der Waals surface area contributed by atoms with Gasteiger partial charge in [-0.05, 0) is 41.8 Å². The van der Waals surface area contributed by atoms with Gasteiger partial charge in [-0.2, -0.15) is 5.10 Å².